The van der Waals surface area contributed by atoms with Crippen LogP contribution in [0.25, 0.3) is 0 Å². The quantitative estimate of drug-likeness (QED) is 0.727. The van der Waals surface area contributed by atoms with E-state index in [0.29, 0.717) is 0 Å². The Hall–Kier alpha value is -2.94. The SMILES string of the molecule is O=C1N[C@H](c2ccccn2)[C@H](C(=O)c2ccccc2)[C@@](O)(C(F)(F)F)N1. The molecule has 9 heteroatoms. The van der Waals surface area contributed by atoms with Crippen LogP contribution in [-0.4, -0.2) is 33.8 Å². The van der Waals surface area contributed by atoms with Crippen molar-refractivity contribution in [2.24, 2.45) is 5.92 Å². The van der Waals surface area contributed by atoms with Gasteiger partial charge >= 0.3 is 12.2 Å². The highest BCUT2D eigenvalue weighted by atomic mass is 19.4. The second-order valence-corrected chi connectivity index (χ2v) is 5.80. The van der Waals surface area contributed by atoms with Gasteiger partial charge in [-0.25, -0.2) is 4.79 Å². The van der Waals surface area contributed by atoms with Gasteiger partial charge in [-0.3, -0.25) is 9.78 Å². The first-order valence-corrected chi connectivity index (χ1v) is 7.62. The minimum atomic E-state index is -5.28. The lowest BCUT2D eigenvalue weighted by Crippen LogP contribution is -2.72. The summed E-state index contributed by atoms with van der Waals surface area (Å²) in [5.41, 5.74) is -3.75. The number of ketones is 1. The fourth-order valence-corrected chi connectivity index (χ4v) is 2.93. The van der Waals surface area contributed by atoms with Crippen LogP contribution >= 0.6 is 0 Å². The van der Waals surface area contributed by atoms with Crippen LogP contribution in [-0.2, 0) is 0 Å². The largest absolute Gasteiger partial charge is 0.437 e. The first kappa shape index (κ1) is 17.9. The fourth-order valence-electron chi connectivity index (χ4n) is 2.93. The second-order valence-electron chi connectivity index (χ2n) is 5.80. The number of aliphatic hydroxyl groups is 1. The van der Waals surface area contributed by atoms with Crippen molar-refractivity contribution in [3.05, 3.63) is 66.0 Å². The number of rotatable bonds is 3. The molecule has 2 amide bonds. The molecule has 3 rings (SSSR count). The number of hydrogen-bond donors (Lipinski definition) is 3. The van der Waals surface area contributed by atoms with Gasteiger partial charge < -0.3 is 15.7 Å². The van der Waals surface area contributed by atoms with Crippen molar-refractivity contribution >= 4 is 11.8 Å². The number of amides is 2. The Kier molecular flexibility index (Phi) is 4.41. The number of hydrogen-bond acceptors (Lipinski definition) is 4. The van der Waals surface area contributed by atoms with Crippen molar-refractivity contribution in [2.45, 2.75) is 17.9 Å². The standard InChI is InChI=1S/C17H14F3N3O3/c18-17(19,20)16(26)12(14(24)10-6-2-1-3-7-10)13(22-15(25)23-16)11-8-4-5-9-21-11/h1-9,12-13,26H,(H2,22,23,25)/t12-,13-,16-/m1/s1. The molecule has 6 nitrogen and oxygen atoms in total. The molecule has 1 aromatic heterocycles. The maximum atomic E-state index is 13.6. The number of alkyl halides is 3. The molecule has 1 fully saturated rings. The lowest BCUT2D eigenvalue weighted by Gasteiger charge is -2.44. The van der Waals surface area contributed by atoms with E-state index in [1.54, 1.807) is 6.07 Å². The summed E-state index contributed by atoms with van der Waals surface area (Å²) in [6.07, 6.45) is -3.97. The van der Waals surface area contributed by atoms with Gasteiger partial charge in [0.05, 0.1) is 11.7 Å². The summed E-state index contributed by atoms with van der Waals surface area (Å²) in [7, 11) is 0. The van der Waals surface area contributed by atoms with Gasteiger partial charge in [-0.05, 0) is 12.1 Å². The van der Waals surface area contributed by atoms with Crippen LogP contribution in [0.2, 0.25) is 0 Å². The third-order valence-electron chi connectivity index (χ3n) is 4.15. The molecule has 0 radical (unpaired) electrons. The average Bonchev–Trinajstić information content (AvgIpc) is 2.61. The molecular weight excluding hydrogens is 351 g/mol. The van der Waals surface area contributed by atoms with Crippen LogP contribution in [0.5, 0.6) is 0 Å². The summed E-state index contributed by atoms with van der Waals surface area (Å²) < 4.78 is 40.9. The summed E-state index contributed by atoms with van der Waals surface area (Å²) in [6.45, 7) is 0. The van der Waals surface area contributed by atoms with Gasteiger partial charge in [0.1, 0.15) is 5.92 Å². The highest BCUT2D eigenvalue weighted by Gasteiger charge is 2.66. The molecule has 136 valence electrons. The highest BCUT2D eigenvalue weighted by Crippen LogP contribution is 2.43. The van der Waals surface area contributed by atoms with E-state index in [4.69, 9.17) is 0 Å². The van der Waals surface area contributed by atoms with Gasteiger partial charge in [-0.2, -0.15) is 13.2 Å². The van der Waals surface area contributed by atoms with Crippen molar-refractivity contribution < 1.29 is 27.9 Å². The first-order valence-electron chi connectivity index (χ1n) is 7.62. The van der Waals surface area contributed by atoms with Gasteiger partial charge in [0.15, 0.2) is 5.78 Å². The zero-order chi connectivity index (χ0) is 18.9. The Morgan fingerprint density at radius 1 is 1.12 bits per heavy atom. The van der Waals surface area contributed by atoms with Gasteiger partial charge in [-0.1, -0.05) is 36.4 Å². The molecule has 0 spiro atoms. The number of benzene rings is 1. The van der Waals surface area contributed by atoms with E-state index in [1.165, 1.54) is 54.0 Å². The molecule has 2 aromatic rings. The topological polar surface area (TPSA) is 91.3 Å². The number of nitrogens with one attached hydrogen (secondary N) is 2. The molecule has 1 aliphatic heterocycles. The maximum absolute atomic E-state index is 13.6. The molecule has 1 aromatic carbocycles. The third-order valence-corrected chi connectivity index (χ3v) is 4.15. The summed E-state index contributed by atoms with van der Waals surface area (Å²) in [5, 5.41) is 14.1. The molecule has 0 aliphatic carbocycles. The normalized spacial score (nSPS) is 25.9. The van der Waals surface area contributed by atoms with Gasteiger partial charge in [0, 0.05) is 11.8 Å². The molecule has 0 saturated carbocycles. The average molecular weight is 365 g/mol. The van der Waals surface area contributed by atoms with Crippen LogP contribution in [0.15, 0.2) is 54.7 Å². The molecule has 2 heterocycles. The number of pyridine rings is 1. The lowest BCUT2D eigenvalue weighted by molar-refractivity contribution is -0.287. The minimum Gasteiger partial charge on any atom is -0.363 e. The number of urea groups is 1. The summed E-state index contributed by atoms with van der Waals surface area (Å²) in [4.78, 5) is 28.6. The Bertz CT molecular complexity index is 814. The van der Waals surface area contributed by atoms with Gasteiger partial charge in [0.25, 0.3) is 0 Å². The molecule has 0 bridgehead atoms. The molecular formula is C17H14F3N3O3. The van der Waals surface area contributed by atoms with Crippen molar-refractivity contribution in [3.63, 3.8) is 0 Å². The van der Waals surface area contributed by atoms with Crippen molar-refractivity contribution in [3.8, 4) is 0 Å². The van der Waals surface area contributed by atoms with E-state index in [-0.39, 0.29) is 11.3 Å². The molecule has 1 saturated heterocycles. The Morgan fingerprint density at radius 3 is 2.35 bits per heavy atom. The molecule has 26 heavy (non-hydrogen) atoms. The van der Waals surface area contributed by atoms with Gasteiger partial charge in [0.2, 0.25) is 5.72 Å². The van der Waals surface area contributed by atoms with Crippen molar-refractivity contribution in [1.82, 2.24) is 15.6 Å². The summed E-state index contributed by atoms with van der Waals surface area (Å²) >= 11 is 0. The van der Waals surface area contributed by atoms with E-state index in [9.17, 15) is 27.9 Å². The van der Waals surface area contributed by atoms with Crippen LogP contribution in [0.3, 0.4) is 0 Å². The van der Waals surface area contributed by atoms with E-state index in [1.807, 2.05) is 0 Å². The van der Waals surface area contributed by atoms with Crippen LogP contribution in [0.1, 0.15) is 22.1 Å². The Balaban J connectivity index is 2.15. The van der Waals surface area contributed by atoms with E-state index < -0.39 is 35.7 Å². The maximum Gasteiger partial charge on any atom is 0.437 e. The van der Waals surface area contributed by atoms with E-state index >= 15 is 0 Å². The summed E-state index contributed by atoms with van der Waals surface area (Å²) in [6, 6.07) is 8.96. The molecule has 1 aliphatic rings. The van der Waals surface area contributed by atoms with E-state index in [2.05, 4.69) is 10.3 Å². The minimum absolute atomic E-state index is 0.0271. The predicted octanol–water partition coefficient (Wildman–Crippen LogP) is 2.19. The number of nitrogens with zero attached hydrogens (tertiary/aromatic N) is 1. The number of halogens is 3. The van der Waals surface area contributed by atoms with Crippen LogP contribution in [0, 0.1) is 5.92 Å². The van der Waals surface area contributed by atoms with Crippen LogP contribution in [0.4, 0.5) is 18.0 Å². The van der Waals surface area contributed by atoms with Gasteiger partial charge in [-0.15, -0.1) is 0 Å². The molecule has 3 atom stereocenters. The lowest BCUT2D eigenvalue weighted by atomic mass is 9.78. The monoisotopic (exact) mass is 365 g/mol. The Labute approximate surface area is 146 Å². The second kappa shape index (κ2) is 6.41. The number of aromatic nitrogens is 1. The highest BCUT2D eigenvalue weighted by molar-refractivity contribution is 6.00. The zero-order valence-electron chi connectivity index (χ0n) is 13.2. The molecule has 0 unspecified atom stereocenters. The van der Waals surface area contributed by atoms with Crippen LogP contribution < -0.4 is 10.6 Å². The fraction of sp³-hybridized carbons (Fsp3) is 0.235. The van der Waals surface area contributed by atoms with Crippen molar-refractivity contribution in [1.29, 1.82) is 0 Å². The smallest absolute Gasteiger partial charge is 0.363 e. The first-order chi connectivity index (χ1) is 12.2. The number of carbonyl (C=O) groups is 2. The van der Waals surface area contributed by atoms with Crippen molar-refractivity contribution in [2.75, 3.05) is 0 Å². The molecule has 3 N–H and O–H groups in total. The Morgan fingerprint density at radius 2 is 1.77 bits per heavy atom. The number of carbonyl (C=O) groups excluding carboxylic acids is 2. The summed E-state index contributed by atoms with van der Waals surface area (Å²) in [5.74, 6) is -3.05. The zero-order valence-corrected chi connectivity index (χ0v) is 13.2. The third kappa shape index (κ3) is 3.01. The number of Topliss-reactive ketones (excluding diaryl/α,β-unsaturated/α-hetero) is 1. The van der Waals surface area contributed by atoms with E-state index in [0.717, 1.165) is 0 Å². The predicted molar refractivity (Wildman–Crippen MR) is 83.9 cm³/mol.